The smallest absolute Gasteiger partial charge is 0.240 e. The van der Waals surface area contributed by atoms with Crippen LogP contribution in [0.25, 0.3) is 0 Å². The molecule has 4 nitrogen and oxygen atoms in total. The predicted molar refractivity (Wildman–Crippen MR) is 63.1 cm³/mol. The molecule has 0 aromatic carbocycles. The highest BCUT2D eigenvalue weighted by molar-refractivity contribution is 5.85. The molecule has 0 spiro atoms. The summed E-state index contributed by atoms with van der Waals surface area (Å²) in [6, 6.07) is -0.351. The Bertz CT molecular complexity index is 253. The van der Waals surface area contributed by atoms with Crippen LogP contribution in [-0.4, -0.2) is 42.8 Å². The molecule has 0 radical (unpaired) electrons. The van der Waals surface area contributed by atoms with Crippen LogP contribution in [0.4, 0.5) is 0 Å². The molecule has 1 heterocycles. The van der Waals surface area contributed by atoms with Gasteiger partial charge in [-0.15, -0.1) is 0 Å². The first-order valence-corrected chi connectivity index (χ1v) is 6.03. The van der Waals surface area contributed by atoms with Gasteiger partial charge in [0.15, 0.2) is 0 Å². The molecular formula is C12H22N2O2. The molecule has 1 aliphatic heterocycles. The van der Waals surface area contributed by atoms with Crippen molar-refractivity contribution in [3.05, 3.63) is 0 Å². The molecule has 16 heavy (non-hydrogen) atoms. The highest BCUT2D eigenvalue weighted by atomic mass is 16.2. The van der Waals surface area contributed by atoms with Crippen molar-refractivity contribution in [2.45, 2.75) is 45.2 Å². The SMILES string of the molecule is CN[C@@H](CC(C)C)C(=O)N1CCC[C@H]1C=O. The van der Waals surface area contributed by atoms with Crippen molar-refractivity contribution >= 4 is 12.2 Å². The van der Waals surface area contributed by atoms with Crippen LogP contribution in [0.1, 0.15) is 33.1 Å². The first-order valence-electron chi connectivity index (χ1n) is 6.03. The van der Waals surface area contributed by atoms with E-state index in [-0.39, 0.29) is 18.0 Å². The van der Waals surface area contributed by atoms with Crippen LogP contribution in [0.3, 0.4) is 0 Å². The standard InChI is InChI=1S/C12H22N2O2/c1-9(2)7-11(13-3)12(16)14-6-4-5-10(14)8-15/h8-11,13H,4-7H2,1-3H3/t10-,11-/m0/s1. The number of rotatable bonds is 5. The Morgan fingerprint density at radius 1 is 1.56 bits per heavy atom. The Labute approximate surface area is 97.4 Å². The second-order valence-corrected chi connectivity index (χ2v) is 4.85. The van der Waals surface area contributed by atoms with Crippen molar-refractivity contribution in [3.63, 3.8) is 0 Å². The molecule has 1 fully saturated rings. The number of likely N-dealkylation sites (N-methyl/N-ethyl adjacent to an activating group) is 1. The Morgan fingerprint density at radius 2 is 2.25 bits per heavy atom. The van der Waals surface area contributed by atoms with Crippen molar-refractivity contribution in [1.29, 1.82) is 0 Å². The lowest BCUT2D eigenvalue weighted by molar-refractivity contribution is -0.136. The second-order valence-electron chi connectivity index (χ2n) is 4.85. The van der Waals surface area contributed by atoms with Crippen molar-refractivity contribution in [2.75, 3.05) is 13.6 Å². The molecule has 0 unspecified atom stereocenters. The van der Waals surface area contributed by atoms with Crippen LogP contribution in [-0.2, 0) is 9.59 Å². The zero-order chi connectivity index (χ0) is 12.1. The van der Waals surface area contributed by atoms with Gasteiger partial charge in [0, 0.05) is 6.54 Å². The summed E-state index contributed by atoms with van der Waals surface area (Å²) in [6.07, 6.45) is 3.46. The van der Waals surface area contributed by atoms with Crippen molar-refractivity contribution in [1.82, 2.24) is 10.2 Å². The molecule has 0 saturated carbocycles. The molecule has 1 rings (SSSR count). The highest BCUT2D eigenvalue weighted by Crippen LogP contribution is 2.18. The third-order valence-corrected chi connectivity index (χ3v) is 3.09. The summed E-state index contributed by atoms with van der Waals surface area (Å²) in [6.45, 7) is 4.91. The molecule has 1 aliphatic rings. The van der Waals surface area contributed by atoms with Gasteiger partial charge < -0.3 is 15.0 Å². The normalized spacial score (nSPS) is 22.5. The van der Waals surface area contributed by atoms with Gasteiger partial charge in [-0.25, -0.2) is 0 Å². The molecule has 1 saturated heterocycles. The number of likely N-dealkylation sites (tertiary alicyclic amines) is 1. The van der Waals surface area contributed by atoms with Gasteiger partial charge in [0.05, 0.1) is 12.1 Å². The Morgan fingerprint density at radius 3 is 2.75 bits per heavy atom. The fourth-order valence-electron chi connectivity index (χ4n) is 2.22. The molecule has 0 aliphatic carbocycles. The van der Waals surface area contributed by atoms with E-state index in [1.54, 1.807) is 11.9 Å². The first-order chi connectivity index (χ1) is 7.60. The molecule has 2 atom stereocenters. The van der Waals surface area contributed by atoms with Crippen LogP contribution in [0.15, 0.2) is 0 Å². The van der Waals surface area contributed by atoms with Crippen LogP contribution in [0, 0.1) is 5.92 Å². The van der Waals surface area contributed by atoms with E-state index >= 15 is 0 Å². The quantitative estimate of drug-likeness (QED) is 0.706. The molecule has 1 amide bonds. The molecule has 4 heteroatoms. The summed E-state index contributed by atoms with van der Waals surface area (Å²) in [5.74, 6) is 0.546. The second kappa shape index (κ2) is 5.99. The Kier molecular flexibility index (Phi) is 4.93. The molecule has 92 valence electrons. The van der Waals surface area contributed by atoms with Gasteiger partial charge in [-0.05, 0) is 32.2 Å². The summed E-state index contributed by atoms with van der Waals surface area (Å²) in [5.41, 5.74) is 0. The highest BCUT2D eigenvalue weighted by Gasteiger charge is 2.32. The van der Waals surface area contributed by atoms with Crippen molar-refractivity contribution in [3.8, 4) is 0 Å². The van der Waals surface area contributed by atoms with E-state index in [1.807, 2.05) is 0 Å². The van der Waals surface area contributed by atoms with Crippen molar-refractivity contribution < 1.29 is 9.59 Å². The summed E-state index contributed by atoms with van der Waals surface area (Å²) >= 11 is 0. The van der Waals surface area contributed by atoms with Gasteiger partial charge in [-0.3, -0.25) is 4.79 Å². The number of amides is 1. The van der Waals surface area contributed by atoms with Gasteiger partial charge in [0.2, 0.25) is 5.91 Å². The number of hydrogen-bond donors (Lipinski definition) is 1. The van der Waals surface area contributed by atoms with Crippen LogP contribution < -0.4 is 5.32 Å². The van der Waals surface area contributed by atoms with E-state index in [0.717, 1.165) is 32.1 Å². The third-order valence-electron chi connectivity index (χ3n) is 3.09. The number of carbonyl (C=O) groups excluding carboxylic acids is 2. The van der Waals surface area contributed by atoms with Gasteiger partial charge in [-0.2, -0.15) is 0 Å². The van der Waals surface area contributed by atoms with Gasteiger partial charge >= 0.3 is 0 Å². The average Bonchev–Trinajstić information content (AvgIpc) is 2.72. The van der Waals surface area contributed by atoms with Crippen LogP contribution in [0.5, 0.6) is 0 Å². The zero-order valence-corrected chi connectivity index (χ0v) is 10.4. The lowest BCUT2D eigenvalue weighted by Crippen LogP contribution is -2.48. The van der Waals surface area contributed by atoms with Gasteiger partial charge in [-0.1, -0.05) is 13.8 Å². The fourth-order valence-corrected chi connectivity index (χ4v) is 2.22. The van der Waals surface area contributed by atoms with E-state index in [0.29, 0.717) is 5.92 Å². The molecule has 0 aromatic rings. The van der Waals surface area contributed by atoms with Crippen LogP contribution >= 0.6 is 0 Å². The summed E-state index contributed by atoms with van der Waals surface area (Å²) in [7, 11) is 1.80. The first kappa shape index (κ1) is 13.2. The predicted octanol–water partition coefficient (Wildman–Crippen LogP) is 0.810. The minimum atomic E-state index is -0.199. The Balaban J connectivity index is 2.63. The molecule has 0 aromatic heterocycles. The number of hydrogen-bond acceptors (Lipinski definition) is 3. The van der Waals surface area contributed by atoms with Gasteiger partial charge in [0.1, 0.15) is 6.29 Å². The van der Waals surface area contributed by atoms with E-state index in [2.05, 4.69) is 19.2 Å². The van der Waals surface area contributed by atoms with Crippen molar-refractivity contribution in [2.24, 2.45) is 5.92 Å². The van der Waals surface area contributed by atoms with E-state index in [1.165, 1.54) is 0 Å². The third kappa shape index (κ3) is 3.04. The minimum Gasteiger partial charge on any atom is -0.332 e. The monoisotopic (exact) mass is 226 g/mol. The zero-order valence-electron chi connectivity index (χ0n) is 10.4. The topological polar surface area (TPSA) is 49.4 Å². The van der Waals surface area contributed by atoms with Gasteiger partial charge in [0.25, 0.3) is 0 Å². The lowest BCUT2D eigenvalue weighted by atomic mass is 10.0. The summed E-state index contributed by atoms with van der Waals surface area (Å²) < 4.78 is 0. The van der Waals surface area contributed by atoms with E-state index < -0.39 is 0 Å². The van der Waals surface area contributed by atoms with Crippen LogP contribution in [0.2, 0.25) is 0 Å². The lowest BCUT2D eigenvalue weighted by Gasteiger charge is -2.26. The Hall–Kier alpha value is -0.900. The maximum atomic E-state index is 12.2. The summed E-state index contributed by atoms with van der Waals surface area (Å²) in [4.78, 5) is 24.7. The van der Waals surface area contributed by atoms with E-state index in [4.69, 9.17) is 0 Å². The minimum absolute atomic E-state index is 0.0748. The summed E-state index contributed by atoms with van der Waals surface area (Å²) in [5, 5.41) is 3.05. The number of nitrogens with zero attached hydrogens (tertiary/aromatic N) is 1. The maximum Gasteiger partial charge on any atom is 0.240 e. The number of carbonyl (C=O) groups is 2. The maximum absolute atomic E-state index is 12.2. The van der Waals surface area contributed by atoms with E-state index in [9.17, 15) is 9.59 Å². The molecular weight excluding hydrogens is 204 g/mol. The largest absolute Gasteiger partial charge is 0.332 e. The fraction of sp³-hybridized carbons (Fsp3) is 0.833. The molecule has 1 N–H and O–H groups in total. The number of nitrogens with one attached hydrogen (secondary N) is 1. The molecule has 0 bridgehead atoms. The number of aldehydes is 1. The average molecular weight is 226 g/mol.